The Labute approximate surface area is 119 Å². The summed E-state index contributed by atoms with van der Waals surface area (Å²) in [5.74, 6) is 0.906. The summed E-state index contributed by atoms with van der Waals surface area (Å²) >= 11 is 0. The number of hydrogen-bond donors (Lipinski definition) is 0. The molecule has 1 saturated carbocycles. The van der Waals surface area contributed by atoms with Gasteiger partial charge in [0.2, 0.25) is 0 Å². The van der Waals surface area contributed by atoms with E-state index in [1.165, 1.54) is 31.1 Å². The first-order valence-electron chi connectivity index (χ1n) is 7.03. The zero-order chi connectivity index (χ0) is 13.9. The molecular weight excluding hydrogens is 248 g/mol. The lowest BCUT2D eigenvalue weighted by molar-refractivity contribution is 0.0600. The second kappa shape index (κ2) is 5.49. The van der Waals surface area contributed by atoms with Crippen LogP contribution in [0.4, 0.5) is 0 Å². The molecule has 0 radical (unpaired) electrons. The fraction of sp³-hybridized carbons (Fsp3) is 0.278. The minimum absolute atomic E-state index is 0.278. The number of methoxy groups -OCH3 is 1. The number of carbonyl (C=O) groups excluding carboxylic acids is 1. The van der Waals surface area contributed by atoms with Crippen molar-refractivity contribution in [1.29, 1.82) is 0 Å². The molecule has 2 nitrogen and oxygen atoms in total. The molecule has 1 aliphatic carbocycles. The van der Waals surface area contributed by atoms with Crippen LogP contribution in [0, 0.1) is 5.92 Å². The molecule has 1 aliphatic rings. The third-order valence-electron chi connectivity index (χ3n) is 3.94. The van der Waals surface area contributed by atoms with Gasteiger partial charge in [-0.05, 0) is 42.0 Å². The van der Waals surface area contributed by atoms with Gasteiger partial charge >= 0.3 is 5.97 Å². The Morgan fingerprint density at radius 3 is 2.15 bits per heavy atom. The van der Waals surface area contributed by atoms with Crippen molar-refractivity contribution in [2.45, 2.75) is 18.8 Å². The van der Waals surface area contributed by atoms with E-state index in [4.69, 9.17) is 4.74 Å². The molecule has 0 spiro atoms. The SMILES string of the molecule is COC(=O)c1ccc(C(c2ccccc2)C2CC2)cc1. The van der Waals surface area contributed by atoms with E-state index in [1.807, 2.05) is 18.2 Å². The van der Waals surface area contributed by atoms with Crippen LogP contribution < -0.4 is 0 Å². The highest BCUT2D eigenvalue weighted by Crippen LogP contribution is 2.46. The number of ether oxygens (including phenoxy) is 1. The molecule has 102 valence electrons. The molecule has 2 aromatic rings. The van der Waals surface area contributed by atoms with Crippen LogP contribution in [0.5, 0.6) is 0 Å². The molecule has 1 fully saturated rings. The molecule has 0 aliphatic heterocycles. The second-order valence-electron chi connectivity index (χ2n) is 5.34. The highest BCUT2D eigenvalue weighted by molar-refractivity contribution is 5.89. The normalized spacial score (nSPS) is 15.7. The fourth-order valence-electron chi connectivity index (χ4n) is 2.77. The Balaban J connectivity index is 1.91. The summed E-state index contributed by atoms with van der Waals surface area (Å²) < 4.78 is 4.74. The molecule has 0 aromatic heterocycles. The molecule has 3 rings (SSSR count). The van der Waals surface area contributed by atoms with Crippen LogP contribution in [0.15, 0.2) is 54.6 Å². The van der Waals surface area contributed by atoms with Gasteiger partial charge in [0.1, 0.15) is 0 Å². The number of benzene rings is 2. The van der Waals surface area contributed by atoms with Gasteiger partial charge in [0, 0.05) is 5.92 Å². The molecule has 0 saturated heterocycles. The Bertz CT molecular complexity index is 583. The van der Waals surface area contributed by atoms with Crippen molar-refractivity contribution in [3.63, 3.8) is 0 Å². The Hall–Kier alpha value is -2.09. The molecule has 0 amide bonds. The monoisotopic (exact) mass is 266 g/mol. The zero-order valence-corrected chi connectivity index (χ0v) is 11.6. The van der Waals surface area contributed by atoms with Crippen LogP contribution in [-0.2, 0) is 4.74 Å². The van der Waals surface area contributed by atoms with Crippen molar-refractivity contribution in [3.8, 4) is 0 Å². The largest absolute Gasteiger partial charge is 0.465 e. The van der Waals surface area contributed by atoms with E-state index in [-0.39, 0.29) is 5.97 Å². The van der Waals surface area contributed by atoms with E-state index in [1.54, 1.807) is 0 Å². The maximum Gasteiger partial charge on any atom is 0.337 e. The van der Waals surface area contributed by atoms with Crippen molar-refractivity contribution in [1.82, 2.24) is 0 Å². The lowest BCUT2D eigenvalue weighted by atomic mass is 9.87. The van der Waals surface area contributed by atoms with Crippen molar-refractivity contribution >= 4 is 5.97 Å². The topological polar surface area (TPSA) is 26.3 Å². The summed E-state index contributed by atoms with van der Waals surface area (Å²) in [7, 11) is 1.41. The summed E-state index contributed by atoms with van der Waals surface area (Å²) in [4.78, 5) is 11.5. The van der Waals surface area contributed by atoms with Gasteiger partial charge in [-0.3, -0.25) is 0 Å². The smallest absolute Gasteiger partial charge is 0.337 e. The third-order valence-corrected chi connectivity index (χ3v) is 3.94. The van der Waals surface area contributed by atoms with Gasteiger partial charge in [-0.15, -0.1) is 0 Å². The molecule has 0 heterocycles. The van der Waals surface area contributed by atoms with Crippen LogP contribution >= 0.6 is 0 Å². The maximum absolute atomic E-state index is 11.5. The van der Waals surface area contributed by atoms with Crippen molar-refractivity contribution in [2.75, 3.05) is 7.11 Å². The molecule has 1 atom stereocenters. The number of rotatable bonds is 4. The molecule has 0 bridgehead atoms. The van der Waals surface area contributed by atoms with Crippen molar-refractivity contribution in [3.05, 3.63) is 71.3 Å². The second-order valence-corrected chi connectivity index (χ2v) is 5.34. The Morgan fingerprint density at radius 1 is 1.00 bits per heavy atom. The van der Waals surface area contributed by atoms with E-state index in [0.717, 1.165) is 5.92 Å². The van der Waals surface area contributed by atoms with Crippen LogP contribution in [0.25, 0.3) is 0 Å². The van der Waals surface area contributed by atoms with Gasteiger partial charge in [-0.2, -0.15) is 0 Å². The minimum atomic E-state index is -0.278. The summed E-state index contributed by atoms with van der Waals surface area (Å²) in [6.07, 6.45) is 2.58. The van der Waals surface area contributed by atoms with Crippen LogP contribution in [0.2, 0.25) is 0 Å². The zero-order valence-electron chi connectivity index (χ0n) is 11.6. The summed E-state index contributed by atoms with van der Waals surface area (Å²) in [6.45, 7) is 0. The first-order valence-corrected chi connectivity index (χ1v) is 7.03. The molecule has 2 heteroatoms. The highest BCUT2D eigenvalue weighted by atomic mass is 16.5. The van der Waals surface area contributed by atoms with Gasteiger partial charge in [0.25, 0.3) is 0 Å². The van der Waals surface area contributed by atoms with Crippen LogP contribution in [-0.4, -0.2) is 13.1 Å². The standard InChI is InChI=1S/C18H18O2/c1-20-18(19)16-11-9-15(10-12-16)17(14-7-8-14)13-5-3-2-4-6-13/h2-6,9-12,14,17H,7-8H2,1H3. The summed E-state index contributed by atoms with van der Waals surface area (Å²) in [5.41, 5.74) is 3.26. The average Bonchev–Trinajstić information content (AvgIpc) is 3.33. The maximum atomic E-state index is 11.5. The predicted molar refractivity (Wildman–Crippen MR) is 78.8 cm³/mol. The van der Waals surface area contributed by atoms with E-state index in [2.05, 4.69) is 36.4 Å². The van der Waals surface area contributed by atoms with E-state index in [9.17, 15) is 4.79 Å². The molecule has 20 heavy (non-hydrogen) atoms. The Morgan fingerprint density at radius 2 is 1.60 bits per heavy atom. The van der Waals surface area contributed by atoms with E-state index >= 15 is 0 Å². The first kappa shape index (κ1) is 12.9. The van der Waals surface area contributed by atoms with Gasteiger partial charge in [-0.1, -0.05) is 42.5 Å². The molecule has 0 N–H and O–H groups in total. The summed E-state index contributed by atoms with van der Waals surface area (Å²) in [5, 5.41) is 0. The van der Waals surface area contributed by atoms with Crippen molar-refractivity contribution < 1.29 is 9.53 Å². The highest BCUT2D eigenvalue weighted by Gasteiger charge is 2.33. The van der Waals surface area contributed by atoms with Gasteiger partial charge < -0.3 is 4.74 Å². The predicted octanol–water partition coefficient (Wildman–Crippen LogP) is 4.02. The van der Waals surface area contributed by atoms with Crippen LogP contribution in [0.3, 0.4) is 0 Å². The third kappa shape index (κ3) is 2.60. The van der Waals surface area contributed by atoms with E-state index in [0.29, 0.717) is 11.5 Å². The summed E-state index contributed by atoms with van der Waals surface area (Å²) in [6, 6.07) is 18.5. The number of esters is 1. The quantitative estimate of drug-likeness (QED) is 0.781. The van der Waals surface area contributed by atoms with Gasteiger partial charge in [0.15, 0.2) is 0 Å². The van der Waals surface area contributed by atoms with Crippen molar-refractivity contribution in [2.24, 2.45) is 5.92 Å². The lowest BCUT2D eigenvalue weighted by Crippen LogP contribution is -2.05. The van der Waals surface area contributed by atoms with Gasteiger partial charge in [-0.25, -0.2) is 4.79 Å². The molecule has 2 aromatic carbocycles. The molecule has 1 unspecified atom stereocenters. The van der Waals surface area contributed by atoms with Gasteiger partial charge in [0.05, 0.1) is 12.7 Å². The number of hydrogen-bond acceptors (Lipinski definition) is 2. The Kier molecular flexibility index (Phi) is 3.55. The van der Waals surface area contributed by atoms with E-state index < -0.39 is 0 Å². The first-order chi connectivity index (χ1) is 9.79. The molecular formula is C18H18O2. The average molecular weight is 266 g/mol. The number of carbonyl (C=O) groups is 1. The lowest BCUT2D eigenvalue weighted by Gasteiger charge is -2.17. The minimum Gasteiger partial charge on any atom is -0.465 e. The van der Waals surface area contributed by atoms with Crippen LogP contribution in [0.1, 0.15) is 40.2 Å². The fourth-order valence-corrected chi connectivity index (χ4v) is 2.77.